The first-order valence-corrected chi connectivity index (χ1v) is 8.57. The van der Waals surface area contributed by atoms with Crippen molar-refractivity contribution in [2.24, 2.45) is 11.8 Å². The maximum Gasteiger partial charge on any atom is 0.407 e. The minimum atomic E-state index is -0.504. The van der Waals surface area contributed by atoms with Gasteiger partial charge in [-0.2, -0.15) is 0 Å². The molecule has 2 atom stereocenters. The maximum absolute atomic E-state index is 12.7. The molecule has 0 unspecified atom stereocenters. The SMILES string of the molecule is Cc1c[nH]cc1C(=O)N1CC[C@H](C)[C@H](CNC(=O)OC(C)(C)C)C1. The summed E-state index contributed by atoms with van der Waals surface area (Å²) >= 11 is 0. The van der Waals surface area contributed by atoms with E-state index in [2.05, 4.69) is 17.2 Å². The van der Waals surface area contributed by atoms with Gasteiger partial charge in [-0.3, -0.25) is 4.79 Å². The third-order valence-corrected chi connectivity index (χ3v) is 4.49. The van der Waals surface area contributed by atoms with Gasteiger partial charge in [-0.15, -0.1) is 0 Å². The summed E-state index contributed by atoms with van der Waals surface area (Å²) in [4.78, 5) is 29.4. The molecule has 1 aliphatic rings. The number of carbonyl (C=O) groups is 2. The standard InChI is InChI=1S/C18H29N3O3/c1-12-6-7-21(16(22)15-10-19-8-13(15)2)11-14(12)9-20-17(23)24-18(3,4)5/h8,10,12,14,19H,6-7,9,11H2,1-5H3,(H,20,23)/t12-,14+/m0/s1. The van der Waals surface area contributed by atoms with E-state index < -0.39 is 11.7 Å². The summed E-state index contributed by atoms with van der Waals surface area (Å²) in [7, 11) is 0. The summed E-state index contributed by atoms with van der Waals surface area (Å²) in [5.74, 6) is 0.744. The second-order valence-electron chi connectivity index (χ2n) is 7.71. The molecule has 2 rings (SSSR count). The number of piperidine rings is 1. The zero-order valence-corrected chi connectivity index (χ0v) is 15.3. The maximum atomic E-state index is 12.7. The minimum Gasteiger partial charge on any atom is -0.444 e. The molecule has 1 saturated heterocycles. The zero-order chi connectivity index (χ0) is 17.9. The van der Waals surface area contributed by atoms with Crippen LogP contribution in [-0.2, 0) is 4.74 Å². The van der Waals surface area contributed by atoms with E-state index in [9.17, 15) is 9.59 Å². The van der Waals surface area contributed by atoms with E-state index in [0.29, 0.717) is 19.0 Å². The van der Waals surface area contributed by atoms with Crippen molar-refractivity contribution in [3.05, 3.63) is 23.5 Å². The van der Waals surface area contributed by atoms with E-state index in [4.69, 9.17) is 4.74 Å². The molecule has 0 bridgehead atoms. The van der Waals surface area contributed by atoms with Crippen LogP contribution in [0, 0.1) is 18.8 Å². The van der Waals surface area contributed by atoms with Crippen LogP contribution in [0.15, 0.2) is 12.4 Å². The molecule has 6 nitrogen and oxygen atoms in total. The summed E-state index contributed by atoms with van der Waals surface area (Å²) < 4.78 is 5.28. The Labute approximate surface area is 143 Å². The molecule has 6 heteroatoms. The highest BCUT2D eigenvalue weighted by molar-refractivity contribution is 5.95. The average molecular weight is 335 g/mol. The Bertz CT molecular complexity index is 589. The largest absolute Gasteiger partial charge is 0.444 e. The van der Waals surface area contributed by atoms with Crippen LogP contribution in [0.3, 0.4) is 0 Å². The van der Waals surface area contributed by atoms with Crippen molar-refractivity contribution >= 4 is 12.0 Å². The van der Waals surface area contributed by atoms with Crippen molar-refractivity contribution in [1.82, 2.24) is 15.2 Å². The number of hydrogen-bond acceptors (Lipinski definition) is 3. The highest BCUT2D eigenvalue weighted by Gasteiger charge is 2.30. The normalized spacial score (nSPS) is 21.5. The Kier molecular flexibility index (Phi) is 5.57. The predicted octanol–water partition coefficient (Wildman–Crippen LogP) is 2.95. The average Bonchev–Trinajstić information content (AvgIpc) is 2.90. The van der Waals surface area contributed by atoms with Gasteiger partial charge in [-0.1, -0.05) is 6.92 Å². The van der Waals surface area contributed by atoms with Crippen LogP contribution in [0.4, 0.5) is 4.79 Å². The second-order valence-corrected chi connectivity index (χ2v) is 7.71. The number of rotatable bonds is 3. The summed E-state index contributed by atoms with van der Waals surface area (Å²) in [6, 6.07) is 0. The van der Waals surface area contributed by atoms with Gasteiger partial charge in [0.2, 0.25) is 0 Å². The first kappa shape index (κ1) is 18.4. The van der Waals surface area contributed by atoms with Crippen molar-refractivity contribution in [2.45, 2.75) is 46.6 Å². The number of nitrogens with one attached hydrogen (secondary N) is 2. The third kappa shape index (κ3) is 4.76. The monoisotopic (exact) mass is 335 g/mol. The number of amides is 2. The van der Waals surface area contributed by atoms with E-state index in [0.717, 1.165) is 24.1 Å². The molecule has 1 aromatic rings. The Morgan fingerprint density at radius 2 is 2.08 bits per heavy atom. The quantitative estimate of drug-likeness (QED) is 0.892. The van der Waals surface area contributed by atoms with Gasteiger partial charge in [0.25, 0.3) is 5.91 Å². The number of aryl methyl sites for hydroxylation is 1. The van der Waals surface area contributed by atoms with Crippen LogP contribution in [0.25, 0.3) is 0 Å². The molecule has 24 heavy (non-hydrogen) atoms. The van der Waals surface area contributed by atoms with E-state index in [1.54, 1.807) is 6.20 Å². The van der Waals surface area contributed by atoms with Crippen LogP contribution < -0.4 is 5.32 Å². The Morgan fingerprint density at radius 1 is 1.38 bits per heavy atom. The number of carbonyl (C=O) groups excluding carboxylic acids is 2. The number of nitrogens with zero attached hydrogens (tertiary/aromatic N) is 1. The summed E-state index contributed by atoms with van der Waals surface area (Å²) in [6.45, 7) is 11.6. The van der Waals surface area contributed by atoms with Gasteiger partial charge in [0.1, 0.15) is 5.60 Å². The lowest BCUT2D eigenvalue weighted by molar-refractivity contribution is 0.0477. The van der Waals surface area contributed by atoms with Gasteiger partial charge in [-0.25, -0.2) is 4.79 Å². The lowest BCUT2D eigenvalue weighted by atomic mass is 9.86. The number of alkyl carbamates (subject to hydrolysis) is 1. The number of H-pyrrole nitrogens is 1. The van der Waals surface area contributed by atoms with Crippen LogP contribution in [0.1, 0.15) is 50.0 Å². The Hall–Kier alpha value is -1.98. The fourth-order valence-corrected chi connectivity index (χ4v) is 2.97. The second kappa shape index (κ2) is 7.28. The van der Waals surface area contributed by atoms with Crippen molar-refractivity contribution in [3.63, 3.8) is 0 Å². The molecule has 0 aliphatic carbocycles. The fraction of sp³-hybridized carbons (Fsp3) is 0.667. The minimum absolute atomic E-state index is 0.0583. The summed E-state index contributed by atoms with van der Waals surface area (Å²) in [6.07, 6.45) is 4.13. The van der Waals surface area contributed by atoms with Gasteiger partial charge in [-0.05, 0) is 51.5 Å². The predicted molar refractivity (Wildman–Crippen MR) is 92.9 cm³/mol. The molecule has 2 heterocycles. The summed E-state index contributed by atoms with van der Waals surface area (Å²) in [5.41, 5.74) is 1.18. The molecule has 1 aliphatic heterocycles. The molecule has 1 fully saturated rings. The Balaban J connectivity index is 1.92. The topological polar surface area (TPSA) is 74.4 Å². The molecule has 0 saturated carbocycles. The van der Waals surface area contributed by atoms with Gasteiger partial charge in [0.05, 0.1) is 5.56 Å². The molecule has 134 valence electrons. The van der Waals surface area contributed by atoms with E-state index in [-0.39, 0.29) is 11.8 Å². The molecule has 0 aromatic carbocycles. The van der Waals surface area contributed by atoms with E-state index in [1.807, 2.05) is 38.8 Å². The van der Waals surface area contributed by atoms with E-state index >= 15 is 0 Å². The lowest BCUT2D eigenvalue weighted by Gasteiger charge is -2.37. The first-order chi connectivity index (χ1) is 11.2. The highest BCUT2D eigenvalue weighted by atomic mass is 16.6. The molecule has 2 N–H and O–H groups in total. The molecule has 1 aromatic heterocycles. The van der Waals surface area contributed by atoms with Crippen molar-refractivity contribution in [3.8, 4) is 0 Å². The van der Waals surface area contributed by atoms with Gasteiger partial charge in [0, 0.05) is 32.0 Å². The number of aromatic nitrogens is 1. The number of aromatic amines is 1. The van der Waals surface area contributed by atoms with Crippen molar-refractivity contribution < 1.29 is 14.3 Å². The Morgan fingerprint density at radius 3 is 2.67 bits per heavy atom. The molecule has 0 radical (unpaired) electrons. The number of hydrogen-bond donors (Lipinski definition) is 2. The van der Waals surface area contributed by atoms with Crippen LogP contribution in [0.2, 0.25) is 0 Å². The van der Waals surface area contributed by atoms with E-state index in [1.165, 1.54) is 0 Å². The number of likely N-dealkylation sites (tertiary alicyclic amines) is 1. The molecule has 0 spiro atoms. The van der Waals surface area contributed by atoms with Gasteiger partial charge < -0.3 is 19.9 Å². The lowest BCUT2D eigenvalue weighted by Crippen LogP contribution is -2.47. The number of ether oxygens (including phenoxy) is 1. The highest BCUT2D eigenvalue weighted by Crippen LogP contribution is 2.24. The first-order valence-electron chi connectivity index (χ1n) is 8.57. The van der Waals surface area contributed by atoms with Crippen LogP contribution >= 0.6 is 0 Å². The third-order valence-electron chi connectivity index (χ3n) is 4.49. The van der Waals surface area contributed by atoms with Crippen molar-refractivity contribution in [1.29, 1.82) is 0 Å². The molecule has 2 amide bonds. The van der Waals surface area contributed by atoms with Crippen molar-refractivity contribution in [2.75, 3.05) is 19.6 Å². The smallest absolute Gasteiger partial charge is 0.407 e. The summed E-state index contributed by atoms with van der Waals surface area (Å²) in [5, 5.41) is 2.84. The van der Waals surface area contributed by atoms with Crippen LogP contribution in [-0.4, -0.2) is 47.1 Å². The zero-order valence-electron chi connectivity index (χ0n) is 15.3. The molecular formula is C18H29N3O3. The molecular weight excluding hydrogens is 306 g/mol. The fourth-order valence-electron chi connectivity index (χ4n) is 2.97. The van der Waals surface area contributed by atoms with Gasteiger partial charge in [0.15, 0.2) is 0 Å². The van der Waals surface area contributed by atoms with Gasteiger partial charge >= 0.3 is 6.09 Å². The van der Waals surface area contributed by atoms with Crippen LogP contribution in [0.5, 0.6) is 0 Å².